The Hall–Kier alpha value is -0.700. The molecule has 0 aromatic rings. The molecule has 3 heteroatoms. The summed E-state index contributed by atoms with van der Waals surface area (Å²) in [7, 11) is 0. The van der Waals surface area contributed by atoms with Gasteiger partial charge in [-0.15, -0.1) is 0 Å². The zero-order valence-corrected chi connectivity index (χ0v) is 5.34. The summed E-state index contributed by atoms with van der Waals surface area (Å²) in [4.78, 5) is 0. The van der Waals surface area contributed by atoms with Crippen molar-refractivity contribution in [3.8, 4) is 0 Å². The van der Waals surface area contributed by atoms with Crippen molar-refractivity contribution >= 4 is 0 Å². The number of halogens is 2. The lowest BCUT2D eigenvalue weighted by molar-refractivity contribution is -0.149. The Bertz CT molecular complexity index is 152. The van der Waals surface area contributed by atoms with Gasteiger partial charge in [-0.2, -0.15) is 8.78 Å². The third kappa shape index (κ3) is 2.27. The molecule has 0 spiro atoms. The molecule has 0 bridgehead atoms. The SMILES string of the molecule is FC(F)O[C@H]1C=CC=CC1. The van der Waals surface area contributed by atoms with Crippen LogP contribution in [0.4, 0.5) is 8.78 Å². The van der Waals surface area contributed by atoms with E-state index >= 15 is 0 Å². The molecular weight excluding hydrogens is 138 g/mol. The van der Waals surface area contributed by atoms with Gasteiger partial charge >= 0.3 is 6.61 Å². The van der Waals surface area contributed by atoms with Crippen LogP contribution in [-0.2, 0) is 4.74 Å². The van der Waals surface area contributed by atoms with Crippen molar-refractivity contribution in [3.05, 3.63) is 24.3 Å². The Kier molecular flexibility index (Phi) is 2.57. The topological polar surface area (TPSA) is 9.23 Å². The minimum Gasteiger partial charge on any atom is -0.315 e. The van der Waals surface area contributed by atoms with Gasteiger partial charge in [-0.1, -0.05) is 24.3 Å². The number of allylic oxidation sites excluding steroid dienone is 2. The van der Waals surface area contributed by atoms with Gasteiger partial charge in [0, 0.05) is 0 Å². The Morgan fingerprint density at radius 2 is 2.20 bits per heavy atom. The van der Waals surface area contributed by atoms with Gasteiger partial charge in [0.25, 0.3) is 0 Å². The van der Waals surface area contributed by atoms with Crippen molar-refractivity contribution in [1.82, 2.24) is 0 Å². The molecule has 0 fully saturated rings. The fourth-order valence-corrected chi connectivity index (χ4v) is 0.791. The summed E-state index contributed by atoms with van der Waals surface area (Å²) in [5.41, 5.74) is 0. The van der Waals surface area contributed by atoms with Crippen LogP contribution in [0.25, 0.3) is 0 Å². The minimum atomic E-state index is -2.67. The van der Waals surface area contributed by atoms with E-state index in [1.807, 2.05) is 6.08 Å². The van der Waals surface area contributed by atoms with Crippen molar-refractivity contribution in [2.75, 3.05) is 0 Å². The fraction of sp³-hybridized carbons (Fsp3) is 0.429. The van der Waals surface area contributed by atoms with E-state index in [1.54, 1.807) is 18.2 Å². The summed E-state index contributed by atoms with van der Waals surface area (Å²) in [6.07, 6.45) is 7.03. The second-order valence-electron chi connectivity index (χ2n) is 1.98. The van der Waals surface area contributed by atoms with Gasteiger partial charge in [-0.05, 0) is 6.42 Å². The predicted molar refractivity (Wildman–Crippen MR) is 33.8 cm³/mol. The van der Waals surface area contributed by atoms with Crippen LogP contribution < -0.4 is 0 Å². The minimum absolute atomic E-state index is 0.440. The first kappa shape index (κ1) is 7.41. The van der Waals surface area contributed by atoms with E-state index < -0.39 is 12.7 Å². The average Bonchev–Trinajstić information content (AvgIpc) is 1.88. The smallest absolute Gasteiger partial charge is 0.315 e. The monoisotopic (exact) mass is 146 g/mol. The van der Waals surface area contributed by atoms with Crippen LogP contribution in [0.3, 0.4) is 0 Å². The molecule has 0 radical (unpaired) electrons. The average molecular weight is 146 g/mol. The van der Waals surface area contributed by atoms with Crippen molar-refractivity contribution < 1.29 is 13.5 Å². The normalized spacial score (nSPS) is 24.1. The van der Waals surface area contributed by atoms with Crippen LogP contribution in [0.15, 0.2) is 24.3 Å². The lowest BCUT2D eigenvalue weighted by Gasteiger charge is -2.12. The quantitative estimate of drug-likeness (QED) is 0.579. The van der Waals surface area contributed by atoms with Crippen LogP contribution in [0.1, 0.15) is 6.42 Å². The first-order valence-corrected chi connectivity index (χ1v) is 3.06. The fourth-order valence-electron chi connectivity index (χ4n) is 0.791. The maximum absolute atomic E-state index is 11.5. The molecule has 0 saturated carbocycles. The highest BCUT2D eigenvalue weighted by atomic mass is 19.3. The van der Waals surface area contributed by atoms with Crippen LogP contribution in [0.2, 0.25) is 0 Å². The zero-order valence-electron chi connectivity index (χ0n) is 5.34. The van der Waals surface area contributed by atoms with Gasteiger partial charge in [0.1, 0.15) is 0 Å². The number of hydrogen-bond donors (Lipinski definition) is 0. The molecule has 10 heavy (non-hydrogen) atoms. The van der Waals surface area contributed by atoms with Crippen LogP contribution in [0, 0.1) is 0 Å². The van der Waals surface area contributed by atoms with Gasteiger partial charge in [-0.25, -0.2) is 0 Å². The highest BCUT2D eigenvalue weighted by molar-refractivity contribution is 5.11. The lowest BCUT2D eigenvalue weighted by Crippen LogP contribution is -2.13. The summed E-state index contributed by atoms with van der Waals surface area (Å²) in [5, 5.41) is 0. The van der Waals surface area contributed by atoms with E-state index in [2.05, 4.69) is 4.74 Å². The van der Waals surface area contributed by atoms with E-state index in [-0.39, 0.29) is 0 Å². The first-order valence-electron chi connectivity index (χ1n) is 3.06. The van der Waals surface area contributed by atoms with Crippen LogP contribution in [-0.4, -0.2) is 12.7 Å². The van der Waals surface area contributed by atoms with E-state index in [0.717, 1.165) is 0 Å². The summed E-state index contributed by atoms with van der Waals surface area (Å²) < 4.78 is 27.3. The van der Waals surface area contributed by atoms with E-state index in [0.29, 0.717) is 6.42 Å². The zero-order chi connectivity index (χ0) is 7.40. The summed E-state index contributed by atoms with van der Waals surface area (Å²) in [6.45, 7) is -2.67. The Labute approximate surface area is 58.0 Å². The Morgan fingerprint density at radius 1 is 1.40 bits per heavy atom. The van der Waals surface area contributed by atoms with Gasteiger partial charge in [0.05, 0.1) is 6.10 Å². The second-order valence-corrected chi connectivity index (χ2v) is 1.98. The van der Waals surface area contributed by atoms with E-state index in [4.69, 9.17) is 0 Å². The van der Waals surface area contributed by atoms with Crippen LogP contribution >= 0.6 is 0 Å². The molecule has 1 atom stereocenters. The number of rotatable bonds is 2. The van der Waals surface area contributed by atoms with Gasteiger partial charge in [0.2, 0.25) is 0 Å². The summed E-state index contributed by atoms with van der Waals surface area (Å²) in [5.74, 6) is 0. The standard InChI is InChI=1S/C7H8F2O/c8-7(9)10-6-4-2-1-3-5-6/h1-4,6-7H,5H2/t6-/m0/s1. The number of alkyl halides is 2. The molecule has 0 amide bonds. The second kappa shape index (κ2) is 3.46. The molecule has 56 valence electrons. The summed E-state index contributed by atoms with van der Waals surface area (Å²) in [6, 6.07) is 0. The largest absolute Gasteiger partial charge is 0.345 e. The Morgan fingerprint density at radius 3 is 2.70 bits per heavy atom. The summed E-state index contributed by atoms with van der Waals surface area (Å²) >= 11 is 0. The molecule has 0 saturated heterocycles. The van der Waals surface area contributed by atoms with Crippen LogP contribution in [0.5, 0.6) is 0 Å². The molecule has 0 heterocycles. The number of hydrogen-bond acceptors (Lipinski definition) is 1. The number of ether oxygens (including phenoxy) is 1. The van der Waals surface area contributed by atoms with Crippen molar-refractivity contribution in [2.24, 2.45) is 0 Å². The molecular formula is C7H8F2O. The predicted octanol–water partition coefficient (Wildman–Crippen LogP) is 2.11. The van der Waals surface area contributed by atoms with Crippen molar-refractivity contribution in [3.63, 3.8) is 0 Å². The molecule has 0 unspecified atom stereocenters. The molecule has 1 nitrogen and oxygen atoms in total. The lowest BCUT2D eigenvalue weighted by atomic mass is 10.1. The molecule has 1 aliphatic rings. The molecule has 0 aliphatic heterocycles. The van der Waals surface area contributed by atoms with E-state index in [1.165, 1.54) is 0 Å². The van der Waals surface area contributed by atoms with Crippen molar-refractivity contribution in [2.45, 2.75) is 19.1 Å². The molecule has 0 aromatic carbocycles. The molecule has 1 rings (SSSR count). The highest BCUT2D eigenvalue weighted by Gasteiger charge is 2.10. The third-order valence-corrected chi connectivity index (χ3v) is 1.22. The molecule has 1 aliphatic carbocycles. The van der Waals surface area contributed by atoms with Gasteiger partial charge < -0.3 is 4.74 Å². The van der Waals surface area contributed by atoms with Gasteiger partial charge in [-0.3, -0.25) is 0 Å². The Balaban J connectivity index is 2.30. The van der Waals surface area contributed by atoms with E-state index in [9.17, 15) is 8.78 Å². The third-order valence-electron chi connectivity index (χ3n) is 1.22. The van der Waals surface area contributed by atoms with Crippen molar-refractivity contribution in [1.29, 1.82) is 0 Å². The highest BCUT2D eigenvalue weighted by Crippen LogP contribution is 2.10. The maximum atomic E-state index is 11.5. The maximum Gasteiger partial charge on any atom is 0.345 e. The molecule has 0 aromatic heterocycles. The first-order chi connectivity index (χ1) is 4.79. The molecule has 0 N–H and O–H groups in total. The van der Waals surface area contributed by atoms with Gasteiger partial charge in [0.15, 0.2) is 0 Å².